The van der Waals surface area contributed by atoms with Crippen molar-refractivity contribution in [3.8, 4) is 0 Å². The minimum Gasteiger partial charge on any atom is -0.383 e. The zero-order chi connectivity index (χ0) is 21.3. The average molecular weight is 452 g/mol. The maximum absolute atomic E-state index is 13.3. The number of nitrogens with zero attached hydrogens (tertiary/aromatic N) is 4. The van der Waals surface area contributed by atoms with E-state index in [0.717, 1.165) is 31.7 Å². The first kappa shape index (κ1) is 21.3. The van der Waals surface area contributed by atoms with E-state index in [1.165, 1.54) is 11.3 Å². The van der Waals surface area contributed by atoms with Crippen molar-refractivity contribution in [1.82, 2.24) is 24.9 Å². The number of hydrogen-bond acceptors (Lipinski definition) is 6. The SMILES string of the molecule is COC[C@@H]1C[C@@H](NC(=O)c2ccc(Cl)s2)CN1C(=O)c1cc2n(n1)CCN(C)CC2. The van der Waals surface area contributed by atoms with Gasteiger partial charge in [0, 0.05) is 44.9 Å². The van der Waals surface area contributed by atoms with E-state index in [1.807, 2.05) is 10.7 Å². The molecule has 2 amide bonds. The number of fused-ring (bicyclic) bond motifs is 1. The van der Waals surface area contributed by atoms with Crippen LogP contribution in [-0.2, 0) is 17.7 Å². The molecule has 0 saturated carbocycles. The number of likely N-dealkylation sites (tertiary alicyclic amines) is 1. The van der Waals surface area contributed by atoms with Crippen molar-refractivity contribution < 1.29 is 14.3 Å². The third-order valence-corrected chi connectivity index (χ3v) is 6.92. The van der Waals surface area contributed by atoms with Crippen LogP contribution in [-0.4, -0.2) is 83.9 Å². The van der Waals surface area contributed by atoms with Crippen LogP contribution in [0.25, 0.3) is 0 Å². The second-order valence-electron chi connectivity index (χ2n) is 7.87. The van der Waals surface area contributed by atoms with Gasteiger partial charge in [-0.05, 0) is 31.7 Å². The average Bonchev–Trinajstić information content (AvgIpc) is 3.41. The molecule has 8 nitrogen and oxygen atoms in total. The normalized spacial score (nSPS) is 22.0. The molecular weight excluding hydrogens is 426 g/mol. The van der Waals surface area contributed by atoms with Gasteiger partial charge in [0.1, 0.15) is 0 Å². The maximum atomic E-state index is 13.3. The van der Waals surface area contributed by atoms with Crippen LogP contribution in [0.2, 0.25) is 4.34 Å². The standard InChI is InChI=1S/C20H26ClN5O3S/c1-24-6-5-14-10-16(23-26(14)8-7-24)20(28)25-11-13(9-15(25)12-29-2)22-19(27)17-3-4-18(21)30-17/h3-4,10,13,15H,5-9,11-12H2,1-2H3,(H,22,27)/t13-,15+/m1/s1. The predicted molar refractivity (Wildman–Crippen MR) is 115 cm³/mol. The number of methoxy groups -OCH3 is 1. The van der Waals surface area contributed by atoms with E-state index in [9.17, 15) is 9.59 Å². The molecular formula is C20H26ClN5O3S. The van der Waals surface area contributed by atoms with Gasteiger partial charge in [-0.15, -0.1) is 11.3 Å². The molecule has 0 spiro atoms. The quantitative estimate of drug-likeness (QED) is 0.749. The lowest BCUT2D eigenvalue weighted by molar-refractivity contribution is 0.0622. The summed E-state index contributed by atoms with van der Waals surface area (Å²) < 4.78 is 7.86. The van der Waals surface area contributed by atoms with Crippen LogP contribution in [0.3, 0.4) is 0 Å². The van der Waals surface area contributed by atoms with Gasteiger partial charge in [-0.2, -0.15) is 5.10 Å². The van der Waals surface area contributed by atoms with E-state index >= 15 is 0 Å². The van der Waals surface area contributed by atoms with Crippen molar-refractivity contribution in [1.29, 1.82) is 0 Å². The third-order valence-electron chi connectivity index (χ3n) is 5.69. The van der Waals surface area contributed by atoms with Crippen LogP contribution in [0.5, 0.6) is 0 Å². The Kier molecular flexibility index (Phi) is 6.43. The molecule has 30 heavy (non-hydrogen) atoms. The summed E-state index contributed by atoms with van der Waals surface area (Å²) in [6, 6.07) is 5.08. The minimum atomic E-state index is -0.166. The molecule has 1 saturated heterocycles. The fourth-order valence-corrected chi connectivity index (χ4v) is 5.04. The highest BCUT2D eigenvalue weighted by Gasteiger charge is 2.37. The van der Waals surface area contributed by atoms with E-state index in [-0.39, 0.29) is 23.9 Å². The summed E-state index contributed by atoms with van der Waals surface area (Å²) in [5.74, 6) is -0.276. The van der Waals surface area contributed by atoms with Crippen molar-refractivity contribution in [3.63, 3.8) is 0 Å². The summed E-state index contributed by atoms with van der Waals surface area (Å²) in [7, 11) is 3.72. The van der Waals surface area contributed by atoms with Crippen molar-refractivity contribution in [2.24, 2.45) is 0 Å². The number of nitrogens with one attached hydrogen (secondary N) is 1. The van der Waals surface area contributed by atoms with Gasteiger partial charge in [0.25, 0.3) is 11.8 Å². The summed E-state index contributed by atoms with van der Waals surface area (Å²) in [4.78, 5) is 30.4. The van der Waals surface area contributed by atoms with Gasteiger partial charge in [-0.1, -0.05) is 11.6 Å². The summed E-state index contributed by atoms with van der Waals surface area (Å²) in [5.41, 5.74) is 1.55. The largest absolute Gasteiger partial charge is 0.383 e. The Bertz CT molecular complexity index is 904. The highest BCUT2D eigenvalue weighted by Crippen LogP contribution is 2.24. The monoisotopic (exact) mass is 451 g/mol. The molecule has 2 aromatic rings. The number of hydrogen-bond donors (Lipinski definition) is 1. The molecule has 0 radical (unpaired) electrons. The highest BCUT2D eigenvalue weighted by molar-refractivity contribution is 7.18. The van der Waals surface area contributed by atoms with E-state index in [4.69, 9.17) is 16.3 Å². The smallest absolute Gasteiger partial charge is 0.274 e. The second-order valence-corrected chi connectivity index (χ2v) is 9.59. The fraction of sp³-hybridized carbons (Fsp3) is 0.550. The van der Waals surface area contributed by atoms with Crippen LogP contribution in [0.4, 0.5) is 0 Å². The summed E-state index contributed by atoms with van der Waals surface area (Å²) in [5, 5.41) is 7.61. The van der Waals surface area contributed by atoms with Crippen molar-refractivity contribution >= 4 is 34.8 Å². The lowest BCUT2D eigenvalue weighted by atomic mass is 10.1. The van der Waals surface area contributed by atoms with Crippen molar-refractivity contribution in [3.05, 3.63) is 38.8 Å². The van der Waals surface area contributed by atoms with Crippen LogP contribution in [0.15, 0.2) is 18.2 Å². The number of thiophene rings is 1. The number of rotatable bonds is 5. The first-order valence-corrected chi connectivity index (χ1v) is 11.3. The molecule has 10 heteroatoms. The van der Waals surface area contributed by atoms with Crippen molar-refractivity contribution in [2.75, 3.05) is 40.4 Å². The molecule has 4 heterocycles. The first-order valence-electron chi connectivity index (χ1n) is 10.1. The van der Waals surface area contributed by atoms with E-state index in [1.54, 1.807) is 24.1 Å². The number of carbonyl (C=O) groups is 2. The van der Waals surface area contributed by atoms with Gasteiger partial charge in [0.05, 0.1) is 28.4 Å². The molecule has 2 aliphatic heterocycles. The number of ether oxygens (including phenoxy) is 1. The van der Waals surface area contributed by atoms with Crippen LogP contribution < -0.4 is 5.32 Å². The number of amides is 2. The molecule has 4 rings (SSSR count). The zero-order valence-corrected chi connectivity index (χ0v) is 18.7. The van der Waals surface area contributed by atoms with E-state index < -0.39 is 0 Å². The molecule has 1 N–H and O–H groups in total. The topological polar surface area (TPSA) is 79.7 Å². The van der Waals surface area contributed by atoms with Gasteiger partial charge in [0.15, 0.2) is 5.69 Å². The fourth-order valence-electron chi connectivity index (χ4n) is 4.10. The van der Waals surface area contributed by atoms with E-state index in [2.05, 4.69) is 22.4 Å². The predicted octanol–water partition coefficient (Wildman–Crippen LogP) is 1.75. The molecule has 2 aliphatic rings. The molecule has 2 aromatic heterocycles. The molecule has 0 aromatic carbocycles. The number of carbonyl (C=O) groups excluding carboxylic acids is 2. The Morgan fingerprint density at radius 3 is 2.90 bits per heavy atom. The van der Waals surface area contributed by atoms with Gasteiger partial charge < -0.3 is 19.9 Å². The Balaban J connectivity index is 1.46. The molecule has 162 valence electrons. The highest BCUT2D eigenvalue weighted by atomic mass is 35.5. The molecule has 0 bridgehead atoms. The van der Waals surface area contributed by atoms with Gasteiger partial charge in [0.2, 0.25) is 0 Å². The third kappa shape index (κ3) is 4.54. The second kappa shape index (κ2) is 9.05. The summed E-state index contributed by atoms with van der Waals surface area (Å²) in [6.07, 6.45) is 1.52. The number of likely N-dealkylation sites (N-methyl/N-ethyl adjacent to an activating group) is 1. The number of halogens is 1. The van der Waals surface area contributed by atoms with Crippen LogP contribution in [0.1, 0.15) is 32.3 Å². The van der Waals surface area contributed by atoms with Crippen LogP contribution in [0, 0.1) is 0 Å². The Morgan fingerprint density at radius 1 is 1.33 bits per heavy atom. The molecule has 0 aliphatic carbocycles. The van der Waals surface area contributed by atoms with Gasteiger partial charge in [-0.3, -0.25) is 14.3 Å². The maximum Gasteiger partial charge on any atom is 0.274 e. The van der Waals surface area contributed by atoms with Gasteiger partial charge in [-0.25, -0.2) is 0 Å². The summed E-state index contributed by atoms with van der Waals surface area (Å²) >= 11 is 7.18. The van der Waals surface area contributed by atoms with Crippen LogP contribution >= 0.6 is 22.9 Å². The van der Waals surface area contributed by atoms with E-state index in [0.29, 0.717) is 34.5 Å². The molecule has 0 unspecified atom stereocenters. The number of aromatic nitrogens is 2. The molecule has 1 fully saturated rings. The first-order chi connectivity index (χ1) is 14.4. The zero-order valence-electron chi connectivity index (χ0n) is 17.1. The lowest BCUT2D eigenvalue weighted by Gasteiger charge is -2.23. The molecule has 2 atom stereocenters. The Morgan fingerprint density at radius 2 is 2.17 bits per heavy atom. The Hall–Kier alpha value is -1.94. The lowest BCUT2D eigenvalue weighted by Crippen LogP contribution is -2.40. The van der Waals surface area contributed by atoms with Crippen molar-refractivity contribution in [2.45, 2.75) is 31.5 Å². The van der Waals surface area contributed by atoms with Gasteiger partial charge >= 0.3 is 0 Å². The Labute approximate surface area is 184 Å². The summed E-state index contributed by atoms with van der Waals surface area (Å²) in [6.45, 7) is 3.50. The minimum absolute atomic E-state index is 0.104.